The van der Waals surface area contributed by atoms with E-state index in [-0.39, 0.29) is 43.1 Å². The molecule has 2 fully saturated rings. The highest BCUT2D eigenvalue weighted by molar-refractivity contribution is 5.97. The molecule has 1 amide bonds. The molecule has 32 heavy (non-hydrogen) atoms. The van der Waals surface area contributed by atoms with E-state index >= 15 is 0 Å². The number of amides is 1. The number of hydrogen-bond donors (Lipinski definition) is 2. The number of nitrogens with one attached hydrogen (secondary N) is 1. The van der Waals surface area contributed by atoms with Crippen LogP contribution in [0.15, 0.2) is 12.1 Å². The Kier molecular flexibility index (Phi) is 7.89. The molecule has 0 spiro atoms. The fourth-order valence-corrected chi connectivity index (χ4v) is 3.85. The number of aromatic nitrogens is 1. The molecule has 0 radical (unpaired) electrons. The SMILES string of the molecule is CCC(CC)(NC(=O)c1ccc(N2CC(OC)C2)c(OC[C@H]2C[C@@H]2CO)n1)C(=O)OCF. The molecule has 0 unspecified atom stereocenters. The van der Waals surface area contributed by atoms with Gasteiger partial charge in [-0.25, -0.2) is 14.2 Å². The summed E-state index contributed by atoms with van der Waals surface area (Å²) in [7, 11) is 1.66. The Labute approximate surface area is 187 Å². The zero-order valence-electron chi connectivity index (χ0n) is 18.8. The lowest BCUT2D eigenvalue weighted by Crippen LogP contribution is -2.54. The van der Waals surface area contributed by atoms with Gasteiger partial charge < -0.3 is 29.5 Å². The van der Waals surface area contributed by atoms with Crippen molar-refractivity contribution in [2.45, 2.75) is 44.8 Å². The molecule has 2 atom stereocenters. The van der Waals surface area contributed by atoms with Crippen LogP contribution in [0, 0.1) is 11.8 Å². The van der Waals surface area contributed by atoms with E-state index < -0.39 is 24.3 Å². The van der Waals surface area contributed by atoms with Crippen LogP contribution in [-0.4, -0.2) is 73.9 Å². The predicted octanol–water partition coefficient (Wildman–Crippen LogP) is 1.68. The van der Waals surface area contributed by atoms with Gasteiger partial charge in [0.15, 0.2) is 0 Å². The molecular weight excluding hydrogens is 421 g/mol. The zero-order chi connectivity index (χ0) is 23.3. The van der Waals surface area contributed by atoms with Gasteiger partial charge in [-0.15, -0.1) is 0 Å². The molecule has 1 saturated heterocycles. The summed E-state index contributed by atoms with van der Waals surface area (Å²) in [5.41, 5.74) is -0.498. The van der Waals surface area contributed by atoms with E-state index in [1.165, 1.54) is 0 Å². The van der Waals surface area contributed by atoms with Crippen LogP contribution < -0.4 is 15.0 Å². The van der Waals surface area contributed by atoms with Gasteiger partial charge in [-0.2, -0.15) is 0 Å². The van der Waals surface area contributed by atoms with Gasteiger partial charge in [-0.3, -0.25) is 4.79 Å². The highest BCUT2D eigenvalue weighted by atomic mass is 19.1. The van der Waals surface area contributed by atoms with E-state index in [2.05, 4.69) is 19.9 Å². The molecule has 0 aromatic carbocycles. The number of carbonyl (C=O) groups excluding carboxylic acids is 2. The highest BCUT2D eigenvalue weighted by Gasteiger charge is 2.40. The summed E-state index contributed by atoms with van der Waals surface area (Å²) in [5, 5.41) is 11.9. The van der Waals surface area contributed by atoms with Gasteiger partial charge in [0.05, 0.1) is 12.7 Å². The van der Waals surface area contributed by atoms with E-state index in [4.69, 9.17) is 9.47 Å². The fraction of sp³-hybridized carbons (Fsp3) is 0.682. The van der Waals surface area contributed by atoms with Crippen LogP contribution in [0.1, 0.15) is 43.6 Å². The van der Waals surface area contributed by atoms with E-state index in [1.54, 1.807) is 33.1 Å². The number of nitrogens with zero attached hydrogens (tertiary/aromatic N) is 2. The number of ether oxygens (including phenoxy) is 3. The molecule has 178 valence electrons. The van der Waals surface area contributed by atoms with Gasteiger partial charge in [0.1, 0.15) is 16.9 Å². The first-order valence-electron chi connectivity index (χ1n) is 11.0. The summed E-state index contributed by atoms with van der Waals surface area (Å²) in [5.74, 6) is -0.567. The number of anilines is 1. The molecule has 10 heteroatoms. The van der Waals surface area contributed by atoms with Crippen LogP contribution >= 0.6 is 0 Å². The van der Waals surface area contributed by atoms with Crippen molar-refractivity contribution in [2.75, 3.05) is 45.2 Å². The quantitative estimate of drug-likeness (QED) is 0.460. The minimum atomic E-state index is -1.34. The predicted molar refractivity (Wildman–Crippen MR) is 114 cm³/mol. The molecule has 2 aliphatic rings. The lowest BCUT2D eigenvalue weighted by atomic mass is 9.92. The Hall–Kier alpha value is -2.46. The van der Waals surface area contributed by atoms with E-state index in [0.29, 0.717) is 25.6 Å². The standard InChI is InChI=1S/C22H32FN3O6/c1-4-22(5-2,21(29)32-13-23)25-19(28)17-6-7-18(26-9-16(10-26)30-3)20(24-17)31-12-15-8-14(15)11-27/h6-7,14-16,27H,4-5,8-13H2,1-3H3,(H,25,28)/t14-,15-/m1/s1. The van der Waals surface area contributed by atoms with Crippen molar-refractivity contribution < 1.29 is 33.3 Å². The molecule has 3 rings (SSSR count). The molecule has 9 nitrogen and oxygen atoms in total. The maximum absolute atomic E-state index is 13.0. The summed E-state index contributed by atoms with van der Waals surface area (Å²) >= 11 is 0. The van der Waals surface area contributed by atoms with Crippen molar-refractivity contribution in [3.63, 3.8) is 0 Å². The number of carbonyl (C=O) groups is 2. The Morgan fingerprint density at radius 2 is 2.00 bits per heavy atom. The van der Waals surface area contributed by atoms with Crippen LogP contribution in [0.5, 0.6) is 5.88 Å². The number of rotatable bonds is 12. The topological polar surface area (TPSA) is 110 Å². The van der Waals surface area contributed by atoms with Gasteiger partial charge in [0.25, 0.3) is 5.91 Å². The van der Waals surface area contributed by atoms with Crippen molar-refractivity contribution in [3.8, 4) is 5.88 Å². The van der Waals surface area contributed by atoms with Gasteiger partial charge in [0.2, 0.25) is 12.7 Å². The van der Waals surface area contributed by atoms with Crippen molar-refractivity contribution in [1.82, 2.24) is 10.3 Å². The highest BCUT2D eigenvalue weighted by Crippen LogP contribution is 2.39. The Balaban J connectivity index is 1.78. The molecule has 1 aromatic rings. The first-order chi connectivity index (χ1) is 15.4. The van der Waals surface area contributed by atoms with E-state index in [0.717, 1.165) is 12.1 Å². The minimum absolute atomic E-state index is 0.0846. The van der Waals surface area contributed by atoms with Crippen LogP contribution in [0.3, 0.4) is 0 Å². The second-order valence-electron chi connectivity index (χ2n) is 8.32. The zero-order valence-corrected chi connectivity index (χ0v) is 18.8. The van der Waals surface area contributed by atoms with Gasteiger partial charge in [0, 0.05) is 26.8 Å². The third-order valence-corrected chi connectivity index (χ3v) is 6.47. The monoisotopic (exact) mass is 453 g/mol. The molecule has 2 heterocycles. The lowest BCUT2D eigenvalue weighted by molar-refractivity contribution is -0.155. The summed E-state index contributed by atoms with van der Waals surface area (Å²) in [6.45, 7) is 4.09. The number of hydrogen-bond acceptors (Lipinski definition) is 8. The first kappa shape index (κ1) is 24.2. The summed E-state index contributed by atoms with van der Waals surface area (Å²) in [4.78, 5) is 31.7. The second kappa shape index (κ2) is 10.4. The van der Waals surface area contributed by atoms with Crippen molar-refractivity contribution in [3.05, 3.63) is 17.8 Å². The number of aliphatic hydroxyl groups excluding tert-OH is 1. The van der Waals surface area contributed by atoms with Gasteiger partial charge in [-0.1, -0.05) is 13.8 Å². The minimum Gasteiger partial charge on any atom is -0.476 e. The molecular formula is C22H32FN3O6. The third kappa shape index (κ3) is 5.12. The van der Waals surface area contributed by atoms with Crippen LogP contribution in [0.25, 0.3) is 0 Å². The fourth-order valence-electron chi connectivity index (χ4n) is 3.85. The van der Waals surface area contributed by atoms with Crippen molar-refractivity contribution in [1.29, 1.82) is 0 Å². The number of aliphatic hydroxyl groups is 1. The molecule has 1 aliphatic heterocycles. The third-order valence-electron chi connectivity index (χ3n) is 6.47. The number of esters is 1. The molecule has 0 bridgehead atoms. The number of methoxy groups -OCH3 is 1. The Bertz CT molecular complexity index is 813. The van der Waals surface area contributed by atoms with Gasteiger partial charge >= 0.3 is 5.97 Å². The largest absolute Gasteiger partial charge is 0.476 e. The maximum atomic E-state index is 13.0. The molecule has 2 N–H and O–H groups in total. The average molecular weight is 454 g/mol. The number of alkyl halides is 1. The number of halogens is 1. The first-order valence-corrected chi connectivity index (χ1v) is 11.0. The average Bonchev–Trinajstić information content (AvgIpc) is 3.54. The summed E-state index contributed by atoms with van der Waals surface area (Å²) < 4.78 is 28.4. The molecule has 1 saturated carbocycles. The summed E-state index contributed by atoms with van der Waals surface area (Å²) in [6.07, 6.45) is 1.51. The molecule has 1 aromatic heterocycles. The Morgan fingerprint density at radius 3 is 2.56 bits per heavy atom. The maximum Gasteiger partial charge on any atom is 0.334 e. The number of pyridine rings is 1. The smallest absolute Gasteiger partial charge is 0.334 e. The summed E-state index contributed by atoms with van der Waals surface area (Å²) in [6, 6.07) is 3.33. The normalized spacial score (nSPS) is 20.5. The van der Waals surface area contributed by atoms with E-state index in [9.17, 15) is 19.1 Å². The lowest BCUT2D eigenvalue weighted by Gasteiger charge is -2.40. The van der Waals surface area contributed by atoms with Crippen LogP contribution in [0.4, 0.5) is 10.1 Å². The van der Waals surface area contributed by atoms with Crippen LogP contribution in [0.2, 0.25) is 0 Å². The second-order valence-corrected chi connectivity index (χ2v) is 8.32. The van der Waals surface area contributed by atoms with Crippen molar-refractivity contribution in [2.24, 2.45) is 11.8 Å². The Morgan fingerprint density at radius 1 is 1.28 bits per heavy atom. The van der Waals surface area contributed by atoms with Crippen molar-refractivity contribution >= 4 is 17.6 Å². The van der Waals surface area contributed by atoms with Crippen LogP contribution in [-0.2, 0) is 14.3 Å². The molecule has 1 aliphatic carbocycles. The van der Waals surface area contributed by atoms with Gasteiger partial charge in [-0.05, 0) is 43.2 Å². The van der Waals surface area contributed by atoms with E-state index in [1.807, 2.05) is 0 Å².